The third-order valence-corrected chi connectivity index (χ3v) is 7.55. The van der Waals surface area contributed by atoms with E-state index < -0.39 is 5.97 Å². The Labute approximate surface area is 236 Å². The molecular weight excluding hydrogens is 653 g/mol. The van der Waals surface area contributed by atoms with Gasteiger partial charge < -0.3 is 14.6 Å². The molecule has 1 N–H and O–H groups in total. The standard InChI is InChI=1S/C28H23BrINO4S/c1-3-34-28(33)24-25(32)23(36-27(24)31-20-10-5-4-6-11-20)15-19-13-21(29)26(22(30)14-19)35-16-18-9-7-8-17(2)12-18/h4-15,32H,3,16H2,1-2H3/b23-15-,31-27?. The number of nitrogens with zero attached hydrogens (tertiary/aromatic N) is 1. The Morgan fingerprint density at radius 2 is 1.92 bits per heavy atom. The van der Waals surface area contributed by atoms with E-state index in [4.69, 9.17) is 9.47 Å². The van der Waals surface area contributed by atoms with Gasteiger partial charge in [-0.2, -0.15) is 0 Å². The van der Waals surface area contributed by atoms with Crippen molar-refractivity contribution in [2.75, 3.05) is 6.61 Å². The number of rotatable bonds is 7. The lowest BCUT2D eigenvalue weighted by atomic mass is 10.1. The number of thioether (sulfide) groups is 1. The van der Waals surface area contributed by atoms with Gasteiger partial charge in [-0.1, -0.05) is 59.8 Å². The molecule has 8 heteroatoms. The highest BCUT2D eigenvalue weighted by Gasteiger charge is 2.33. The lowest BCUT2D eigenvalue weighted by molar-refractivity contribution is -0.138. The van der Waals surface area contributed by atoms with Crippen LogP contribution in [0.15, 0.2) is 92.4 Å². The Bertz CT molecular complexity index is 1360. The molecule has 0 fully saturated rings. The van der Waals surface area contributed by atoms with Crippen LogP contribution < -0.4 is 4.74 Å². The first-order valence-corrected chi connectivity index (χ1v) is 13.9. The molecule has 0 atom stereocenters. The predicted molar refractivity (Wildman–Crippen MR) is 158 cm³/mol. The first-order chi connectivity index (χ1) is 17.4. The summed E-state index contributed by atoms with van der Waals surface area (Å²) in [5.41, 5.74) is 3.88. The number of benzene rings is 3. The van der Waals surface area contributed by atoms with Crippen LogP contribution in [0, 0.1) is 10.5 Å². The largest absolute Gasteiger partial charge is 0.506 e. The predicted octanol–water partition coefficient (Wildman–Crippen LogP) is 8.13. The number of hydrogen-bond donors (Lipinski definition) is 1. The SMILES string of the molecule is CCOC(=O)C1=C(O)/C(=C/c2cc(Br)c(OCc3cccc(C)c3)c(I)c2)SC1=Nc1ccccc1. The third-order valence-electron chi connectivity index (χ3n) is 5.14. The molecule has 0 amide bonds. The van der Waals surface area contributed by atoms with Crippen molar-refractivity contribution < 1.29 is 19.4 Å². The molecule has 4 rings (SSSR count). The minimum Gasteiger partial charge on any atom is -0.506 e. The fraction of sp³-hybridized carbons (Fsp3) is 0.143. The lowest BCUT2D eigenvalue weighted by Gasteiger charge is -2.12. The highest BCUT2D eigenvalue weighted by atomic mass is 127. The van der Waals surface area contributed by atoms with Crippen molar-refractivity contribution in [1.29, 1.82) is 0 Å². The minimum atomic E-state index is -0.601. The molecule has 0 spiro atoms. The van der Waals surface area contributed by atoms with Gasteiger partial charge in [0.15, 0.2) is 0 Å². The van der Waals surface area contributed by atoms with Gasteiger partial charge in [-0.3, -0.25) is 0 Å². The zero-order chi connectivity index (χ0) is 25.7. The number of carbonyl (C=O) groups is 1. The Hall–Kier alpha value is -2.56. The Balaban J connectivity index is 1.63. The molecule has 1 aliphatic heterocycles. The second kappa shape index (κ2) is 12.1. The van der Waals surface area contributed by atoms with Crippen molar-refractivity contribution in [1.82, 2.24) is 0 Å². The summed E-state index contributed by atoms with van der Waals surface area (Å²) in [6.07, 6.45) is 1.82. The molecule has 0 aliphatic carbocycles. The van der Waals surface area contributed by atoms with Crippen molar-refractivity contribution in [2.45, 2.75) is 20.5 Å². The second-order valence-corrected chi connectivity index (χ2v) is 10.9. The number of aryl methyl sites for hydroxylation is 1. The summed E-state index contributed by atoms with van der Waals surface area (Å²) >= 11 is 7.09. The van der Waals surface area contributed by atoms with Gasteiger partial charge in [0.1, 0.15) is 28.7 Å². The van der Waals surface area contributed by atoms with E-state index >= 15 is 0 Å². The fourth-order valence-corrected chi connectivity index (χ4v) is 6.33. The Morgan fingerprint density at radius 3 is 2.61 bits per heavy atom. The zero-order valence-electron chi connectivity index (χ0n) is 19.6. The summed E-state index contributed by atoms with van der Waals surface area (Å²) in [6.45, 7) is 4.44. The highest BCUT2D eigenvalue weighted by molar-refractivity contribution is 14.1. The molecule has 0 radical (unpaired) electrons. The number of ether oxygens (including phenoxy) is 2. The summed E-state index contributed by atoms with van der Waals surface area (Å²) in [5, 5.41) is 11.4. The van der Waals surface area contributed by atoms with Crippen LogP contribution in [0.25, 0.3) is 6.08 Å². The van der Waals surface area contributed by atoms with Crippen LogP contribution in [-0.2, 0) is 16.1 Å². The molecular formula is C28H23BrINO4S. The van der Waals surface area contributed by atoms with E-state index in [0.717, 1.165) is 24.9 Å². The van der Waals surface area contributed by atoms with Crippen LogP contribution in [0.4, 0.5) is 5.69 Å². The van der Waals surface area contributed by atoms with Gasteiger partial charge in [0.25, 0.3) is 0 Å². The number of aliphatic imine (C=N–C) groups is 1. The van der Waals surface area contributed by atoms with Gasteiger partial charge >= 0.3 is 5.97 Å². The van der Waals surface area contributed by atoms with Crippen molar-refractivity contribution in [3.8, 4) is 5.75 Å². The van der Waals surface area contributed by atoms with Gasteiger partial charge in [-0.15, -0.1) is 0 Å². The number of esters is 1. The molecule has 0 saturated heterocycles. The van der Waals surface area contributed by atoms with Crippen LogP contribution >= 0.6 is 50.3 Å². The quantitative estimate of drug-likeness (QED) is 0.202. The summed E-state index contributed by atoms with van der Waals surface area (Å²) in [4.78, 5) is 17.7. The van der Waals surface area contributed by atoms with Gasteiger partial charge in [-0.25, -0.2) is 9.79 Å². The second-order valence-electron chi connectivity index (χ2n) is 7.90. The number of halogens is 2. The van der Waals surface area contributed by atoms with Crippen LogP contribution in [0.3, 0.4) is 0 Å². The molecule has 184 valence electrons. The summed E-state index contributed by atoms with van der Waals surface area (Å²) in [5.74, 6) is 0.00640. The van der Waals surface area contributed by atoms with Crippen LogP contribution in [0.1, 0.15) is 23.6 Å². The van der Waals surface area contributed by atoms with Gasteiger partial charge in [0, 0.05) is 0 Å². The average molecular weight is 676 g/mol. The van der Waals surface area contributed by atoms with E-state index in [1.165, 1.54) is 17.3 Å². The van der Waals surface area contributed by atoms with E-state index in [2.05, 4.69) is 62.6 Å². The van der Waals surface area contributed by atoms with Crippen LogP contribution in [0.5, 0.6) is 5.75 Å². The Morgan fingerprint density at radius 1 is 1.14 bits per heavy atom. The maximum atomic E-state index is 12.6. The maximum Gasteiger partial charge on any atom is 0.344 e. The summed E-state index contributed by atoms with van der Waals surface area (Å²) in [7, 11) is 0. The monoisotopic (exact) mass is 675 g/mol. The molecule has 1 aliphatic rings. The van der Waals surface area contributed by atoms with Crippen molar-refractivity contribution in [3.05, 3.63) is 108 Å². The smallest absolute Gasteiger partial charge is 0.344 e. The molecule has 1 heterocycles. The Kier molecular flexibility index (Phi) is 8.92. The van der Waals surface area contributed by atoms with Crippen LogP contribution in [0.2, 0.25) is 0 Å². The first-order valence-electron chi connectivity index (χ1n) is 11.2. The van der Waals surface area contributed by atoms with E-state index in [9.17, 15) is 9.90 Å². The number of para-hydroxylation sites is 1. The number of aliphatic hydroxyl groups is 1. The molecule has 0 bridgehead atoms. The maximum absolute atomic E-state index is 12.6. The average Bonchev–Trinajstić information content (AvgIpc) is 3.13. The summed E-state index contributed by atoms with van der Waals surface area (Å²) in [6, 6.07) is 21.4. The van der Waals surface area contributed by atoms with Gasteiger partial charge in [0.2, 0.25) is 0 Å². The number of carbonyl (C=O) groups excluding carboxylic acids is 1. The van der Waals surface area contributed by atoms with Crippen molar-refractivity contribution in [3.63, 3.8) is 0 Å². The molecule has 0 unspecified atom stereocenters. The van der Waals surface area contributed by atoms with Crippen molar-refractivity contribution >= 4 is 73.1 Å². The van der Waals surface area contributed by atoms with E-state index in [1.54, 1.807) is 6.92 Å². The van der Waals surface area contributed by atoms with Gasteiger partial charge in [0.05, 0.1) is 25.2 Å². The van der Waals surface area contributed by atoms with E-state index in [0.29, 0.717) is 22.2 Å². The topological polar surface area (TPSA) is 68.1 Å². The van der Waals surface area contributed by atoms with E-state index in [-0.39, 0.29) is 17.9 Å². The van der Waals surface area contributed by atoms with Crippen molar-refractivity contribution in [2.24, 2.45) is 4.99 Å². The number of hydrogen-bond acceptors (Lipinski definition) is 6. The van der Waals surface area contributed by atoms with E-state index in [1.807, 2.05) is 60.7 Å². The third kappa shape index (κ3) is 6.41. The lowest BCUT2D eigenvalue weighted by Crippen LogP contribution is -2.12. The van der Waals surface area contributed by atoms with Crippen LogP contribution in [-0.4, -0.2) is 22.7 Å². The summed E-state index contributed by atoms with van der Waals surface area (Å²) < 4.78 is 13.0. The normalized spacial score (nSPS) is 15.6. The molecule has 0 saturated carbocycles. The zero-order valence-corrected chi connectivity index (χ0v) is 24.2. The first kappa shape index (κ1) is 26.5. The molecule has 36 heavy (non-hydrogen) atoms. The highest BCUT2D eigenvalue weighted by Crippen LogP contribution is 2.41. The molecule has 5 nitrogen and oxygen atoms in total. The van der Waals surface area contributed by atoms with Gasteiger partial charge in [-0.05, 0) is 93.8 Å². The minimum absolute atomic E-state index is 0.0730. The molecule has 0 aromatic heterocycles. The molecule has 3 aromatic carbocycles. The fourth-order valence-electron chi connectivity index (χ4n) is 3.52. The number of aliphatic hydroxyl groups excluding tert-OH is 1. The molecule has 3 aromatic rings.